The maximum Gasteiger partial charge on any atom is 0.338 e. The Kier molecular flexibility index (Phi) is 5.78. The summed E-state index contributed by atoms with van der Waals surface area (Å²) in [7, 11) is 0. The zero-order valence-electron chi connectivity index (χ0n) is 14.5. The average molecular weight is 367 g/mol. The summed E-state index contributed by atoms with van der Waals surface area (Å²) in [6, 6.07) is 13.4. The molecule has 8 nitrogen and oxygen atoms in total. The second-order valence-electron chi connectivity index (χ2n) is 5.40. The van der Waals surface area contributed by atoms with Crippen molar-refractivity contribution in [2.24, 2.45) is 0 Å². The molecule has 1 heterocycles. The number of nitrogens with zero attached hydrogens (tertiary/aromatic N) is 2. The van der Waals surface area contributed by atoms with Crippen LogP contribution < -0.4 is 10.1 Å². The summed E-state index contributed by atoms with van der Waals surface area (Å²) in [5, 5.41) is 10.1. The molecule has 0 aliphatic heterocycles. The Hall–Kier alpha value is -3.68. The molecule has 0 spiro atoms. The molecule has 0 aliphatic carbocycles. The second kappa shape index (κ2) is 8.61. The van der Waals surface area contributed by atoms with Crippen molar-refractivity contribution >= 4 is 17.6 Å². The van der Waals surface area contributed by atoms with E-state index < -0.39 is 5.97 Å². The van der Waals surface area contributed by atoms with Gasteiger partial charge in [0.1, 0.15) is 5.75 Å². The Bertz CT molecular complexity index is 890. The van der Waals surface area contributed by atoms with Crippen LogP contribution in [0.1, 0.15) is 17.3 Å². The minimum absolute atomic E-state index is 0.153. The monoisotopic (exact) mass is 367 g/mol. The van der Waals surface area contributed by atoms with Crippen molar-refractivity contribution in [3.8, 4) is 17.2 Å². The van der Waals surface area contributed by atoms with E-state index in [9.17, 15) is 9.59 Å². The van der Waals surface area contributed by atoms with Crippen LogP contribution in [0.5, 0.6) is 5.75 Å². The van der Waals surface area contributed by atoms with E-state index in [1.807, 2.05) is 0 Å². The molecule has 0 aliphatic rings. The van der Waals surface area contributed by atoms with Gasteiger partial charge < -0.3 is 19.2 Å². The fraction of sp³-hybridized carbons (Fsp3) is 0.158. The lowest BCUT2D eigenvalue weighted by Crippen LogP contribution is -2.20. The molecule has 0 saturated carbocycles. The summed E-state index contributed by atoms with van der Waals surface area (Å²) in [4.78, 5) is 23.6. The van der Waals surface area contributed by atoms with Crippen molar-refractivity contribution in [3.63, 3.8) is 0 Å². The molecule has 0 atom stereocenters. The Morgan fingerprint density at radius 1 is 1.07 bits per heavy atom. The fourth-order valence-electron chi connectivity index (χ4n) is 2.24. The summed E-state index contributed by atoms with van der Waals surface area (Å²) < 4.78 is 15.5. The Morgan fingerprint density at radius 2 is 1.81 bits per heavy atom. The molecule has 0 fully saturated rings. The van der Waals surface area contributed by atoms with Gasteiger partial charge in [-0.15, -0.1) is 10.2 Å². The van der Waals surface area contributed by atoms with Crippen LogP contribution in [-0.4, -0.2) is 35.3 Å². The maximum atomic E-state index is 12.0. The summed E-state index contributed by atoms with van der Waals surface area (Å²) in [6.07, 6.45) is 1.25. The topological polar surface area (TPSA) is 104 Å². The van der Waals surface area contributed by atoms with Crippen molar-refractivity contribution in [2.45, 2.75) is 6.92 Å². The number of ether oxygens (including phenoxy) is 2. The van der Waals surface area contributed by atoms with Gasteiger partial charge in [0.15, 0.2) is 6.61 Å². The van der Waals surface area contributed by atoms with Crippen LogP contribution in [0.4, 0.5) is 5.69 Å². The second-order valence-corrected chi connectivity index (χ2v) is 5.40. The number of benzene rings is 2. The predicted octanol–water partition coefficient (Wildman–Crippen LogP) is 2.93. The van der Waals surface area contributed by atoms with E-state index in [2.05, 4.69) is 15.5 Å². The van der Waals surface area contributed by atoms with E-state index in [4.69, 9.17) is 13.9 Å². The molecule has 0 saturated heterocycles. The van der Waals surface area contributed by atoms with Crippen LogP contribution in [0.3, 0.4) is 0 Å². The highest BCUT2D eigenvalue weighted by Crippen LogP contribution is 2.20. The lowest BCUT2D eigenvalue weighted by Gasteiger charge is -2.08. The SMILES string of the molecule is CCOC(=O)c1ccc(NC(=O)COc2ccc(-c3nnco3)cc2)cc1. The van der Waals surface area contributed by atoms with Gasteiger partial charge in [0.2, 0.25) is 12.3 Å². The largest absolute Gasteiger partial charge is 0.484 e. The minimum Gasteiger partial charge on any atom is -0.484 e. The highest BCUT2D eigenvalue weighted by Gasteiger charge is 2.08. The van der Waals surface area contributed by atoms with Gasteiger partial charge in [-0.2, -0.15) is 0 Å². The van der Waals surface area contributed by atoms with Crippen LogP contribution >= 0.6 is 0 Å². The van der Waals surface area contributed by atoms with Crippen molar-refractivity contribution < 1.29 is 23.5 Å². The van der Waals surface area contributed by atoms with Gasteiger partial charge in [-0.1, -0.05) is 0 Å². The summed E-state index contributed by atoms with van der Waals surface area (Å²) in [5.74, 6) is 0.221. The number of esters is 1. The lowest BCUT2D eigenvalue weighted by atomic mass is 10.2. The summed E-state index contributed by atoms with van der Waals surface area (Å²) in [5.41, 5.74) is 1.74. The van der Waals surface area contributed by atoms with Gasteiger partial charge in [-0.25, -0.2) is 4.79 Å². The number of hydrogen-bond donors (Lipinski definition) is 1. The lowest BCUT2D eigenvalue weighted by molar-refractivity contribution is -0.118. The maximum absolute atomic E-state index is 12.0. The number of rotatable bonds is 7. The Balaban J connectivity index is 1.50. The summed E-state index contributed by atoms with van der Waals surface area (Å²) >= 11 is 0. The van der Waals surface area contributed by atoms with E-state index >= 15 is 0 Å². The van der Waals surface area contributed by atoms with Crippen molar-refractivity contribution in [1.82, 2.24) is 10.2 Å². The molecule has 2 aromatic carbocycles. The molecule has 1 amide bonds. The molecule has 3 rings (SSSR count). The number of carbonyl (C=O) groups is 2. The van der Waals surface area contributed by atoms with E-state index in [1.54, 1.807) is 55.5 Å². The molecule has 27 heavy (non-hydrogen) atoms. The van der Waals surface area contributed by atoms with E-state index in [0.717, 1.165) is 5.56 Å². The molecule has 1 aromatic heterocycles. The number of amides is 1. The van der Waals surface area contributed by atoms with Crippen LogP contribution in [0.25, 0.3) is 11.5 Å². The van der Waals surface area contributed by atoms with Gasteiger partial charge in [-0.05, 0) is 55.5 Å². The number of nitrogens with one attached hydrogen (secondary N) is 1. The zero-order valence-corrected chi connectivity index (χ0v) is 14.5. The van der Waals surface area contributed by atoms with Gasteiger partial charge in [0, 0.05) is 11.3 Å². The first-order valence-electron chi connectivity index (χ1n) is 8.22. The van der Waals surface area contributed by atoms with Gasteiger partial charge in [-0.3, -0.25) is 4.79 Å². The van der Waals surface area contributed by atoms with E-state index in [-0.39, 0.29) is 12.5 Å². The first kappa shape index (κ1) is 18.1. The predicted molar refractivity (Wildman–Crippen MR) is 96.3 cm³/mol. The molecule has 0 bridgehead atoms. The molecule has 8 heteroatoms. The van der Waals surface area contributed by atoms with Crippen molar-refractivity contribution in [2.75, 3.05) is 18.5 Å². The van der Waals surface area contributed by atoms with Gasteiger partial charge >= 0.3 is 5.97 Å². The van der Waals surface area contributed by atoms with Crippen LogP contribution in [-0.2, 0) is 9.53 Å². The highest BCUT2D eigenvalue weighted by atomic mass is 16.5. The van der Waals surface area contributed by atoms with E-state index in [0.29, 0.717) is 29.5 Å². The van der Waals surface area contributed by atoms with Gasteiger partial charge in [0.05, 0.1) is 12.2 Å². The quantitative estimate of drug-likeness (QED) is 0.640. The molecule has 1 N–H and O–H groups in total. The number of hydrogen-bond acceptors (Lipinski definition) is 7. The van der Waals surface area contributed by atoms with Crippen molar-refractivity contribution in [3.05, 3.63) is 60.5 Å². The smallest absolute Gasteiger partial charge is 0.338 e. The van der Waals surface area contributed by atoms with Gasteiger partial charge in [0.25, 0.3) is 5.91 Å². The van der Waals surface area contributed by atoms with Crippen LogP contribution in [0.2, 0.25) is 0 Å². The fourth-order valence-corrected chi connectivity index (χ4v) is 2.24. The van der Waals surface area contributed by atoms with Crippen LogP contribution in [0.15, 0.2) is 59.3 Å². The third-order valence-corrected chi connectivity index (χ3v) is 3.51. The summed E-state index contributed by atoms with van der Waals surface area (Å²) in [6.45, 7) is 1.90. The highest BCUT2D eigenvalue weighted by molar-refractivity contribution is 5.93. The first-order valence-corrected chi connectivity index (χ1v) is 8.22. The number of anilines is 1. The first-order chi connectivity index (χ1) is 13.2. The molecule has 0 unspecified atom stereocenters. The number of aromatic nitrogens is 2. The standard InChI is InChI=1S/C19H17N3O5/c1-2-25-19(24)14-3-7-15(8-4-14)21-17(23)11-26-16-9-5-13(6-10-16)18-22-20-12-27-18/h3-10,12H,2,11H2,1H3,(H,21,23). The average Bonchev–Trinajstić information content (AvgIpc) is 3.22. The molecular formula is C19H17N3O5. The Morgan fingerprint density at radius 3 is 2.44 bits per heavy atom. The molecular weight excluding hydrogens is 350 g/mol. The Labute approximate surface area is 155 Å². The van der Waals surface area contributed by atoms with E-state index in [1.165, 1.54) is 6.39 Å². The zero-order chi connectivity index (χ0) is 19.1. The minimum atomic E-state index is -0.400. The van der Waals surface area contributed by atoms with Crippen molar-refractivity contribution in [1.29, 1.82) is 0 Å². The molecule has 3 aromatic rings. The normalized spacial score (nSPS) is 10.3. The molecule has 138 valence electrons. The third-order valence-electron chi connectivity index (χ3n) is 3.51. The van der Waals surface area contributed by atoms with Crippen LogP contribution in [0, 0.1) is 0 Å². The third kappa shape index (κ3) is 4.91. The number of carbonyl (C=O) groups excluding carboxylic acids is 2. The molecule has 0 radical (unpaired) electrons.